The second kappa shape index (κ2) is 6.60. The van der Waals surface area contributed by atoms with Crippen molar-refractivity contribution in [3.05, 3.63) is 41.8 Å². The Balaban J connectivity index is 1.91. The van der Waals surface area contributed by atoms with E-state index in [0.29, 0.717) is 5.69 Å². The van der Waals surface area contributed by atoms with E-state index in [1.165, 1.54) is 0 Å². The molecule has 0 aliphatic carbocycles. The van der Waals surface area contributed by atoms with E-state index in [2.05, 4.69) is 30.2 Å². The van der Waals surface area contributed by atoms with Gasteiger partial charge in [-0.2, -0.15) is 28.1 Å². The molecule has 0 fully saturated rings. The molecule has 128 valence electrons. The lowest BCUT2D eigenvalue weighted by Gasteiger charge is -2.07. The number of benzene rings is 1. The summed E-state index contributed by atoms with van der Waals surface area (Å²) in [7, 11) is 0. The van der Waals surface area contributed by atoms with Crippen LogP contribution >= 0.6 is 11.6 Å². The molecule has 1 N–H and O–H groups in total. The summed E-state index contributed by atoms with van der Waals surface area (Å²) in [6, 6.07) is 9.05. The fourth-order valence-electron chi connectivity index (χ4n) is 1.93. The van der Waals surface area contributed by atoms with Crippen molar-refractivity contribution in [2.24, 2.45) is 4.99 Å². The predicted molar refractivity (Wildman–Crippen MR) is 88.7 cm³/mol. The first-order chi connectivity index (χ1) is 11.8. The predicted octanol–water partition coefficient (Wildman–Crippen LogP) is 4.47. The van der Waals surface area contributed by atoms with Gasteiger partial charge >= 0.3 is 6.18 Å². The number of pyridine rings is 1. The Morgan fingerprint density at radius 2 is 1.96 bits per heavy atom. The summed E-state index contributed by atoms with van der Waals surface area (Å²) in [4.78, 5) is 18.8. The van der Waals surface area contributed by atoms with E-state index in [9.17, 15) is 13.2 Å². The van der Waals surface area contributed by atoms with E-state index >= 15 is 0 Å². The summed E-state index contributed by atoms with van der Waals surface area (Å²) in [5.74, 6) is -0.458. The summed E-state index contributed by atoms with van der Waals surface area (Å²) >= 11 is 5.74. The molecule has 0 saturated heterocycles. The minimum atomic E-state index is -4.57. The first-order valence-electron chi connectivity index (χ1n) is 6.97. The van der Waals surface area contributed by atoms with Gasteiger partial charge in [-0.15, -0.1) is 0 Å². The molecule has 0 aliphatic rings. The number of anilines is 2. The topological polar surface area (TPSA) is 76.0 Å². The number of fused-ring (bicyclic) bond motifs is 1. The van der Waals surface area contributed by atoms with Crippen molar-refractivity contribution in [3.8, 4) is 0 Å². The van der Waals surface area contributed by atoms with E-state index in [-0.39, 0.29) is 11.2 Å². The zero-order valence-corrected chi connectivity index (χ0v) is 13.5. The normalized spacial score (nSPS) is 12.4. The molecule has 0 atom stereocenters. The first-order valence-corrected chi connectivity index (χ1v) is 7.35. The van der Waals surface area contributed by atoms with Crippen LogP contribution in [-0.2, 0) is 0 Å². The molecule has 0 amide bonds. The first kappa shape index (κ1) is 17.0. The number of aromatic nitrogens is 4. The number of nitrogens with one attached hydrogen (secondary N) is 1. The number of hydrogen-bond acceptors (Lipinski definition) is 6. The van der Waals surface area contributed by atoms with E-state index in [0.717, 1.165) is 17.8 Å². The second-order valence-corrected chi connectivity index (χ2v) is 5.30. The average molecular weight is 367 g/mol. The van der Waals surface area contributed by atoms with Crippen molar-refractivity contribution < 1.29 is 13.2 Å². The van der Waals surface area contributed by atoms with Gasteiger partial charge in [0.2, 0.25) is 11.2 Å². The largest absolute Gasteiger partial charge is 0.429 e. The molecule has 3 aromatic rings. The molecule has 1 aromatic carbocycles. The van der Waals surface area contributed by atoms with Crippen LogP contribution in [0.25, 0.3) is 10.9 Å². The molecule has 3 rings (SSSR count). The molecular formula is C15H10ClF3N6. The van der Waals surface area contributed by atoms with E-state index < -0.39 is 17.8 Å². The highest BCUT2D eigenvalue weighted by Crippen LogP contribution is 2.23. The van der Waals surface area contributed by atoms with Gasteiger partial charge in [0.15, 0.2) is 0 Å². The molecular weight excluding hydrogens is 357 g/mol. The summed E-state index contributed by atoms with van der Waals surface area (Å²) in [5, 5.41) is 3.52. The molecule has 0 saturated carbocycles. The maximum atomic E-state index is 12.6. The van der Waals surface area contributed by atoms with Gasteiger partial charge in [0, 0.05) is 17.3 Å². The highest BCUT2D eigenvalue weighted by molar-refractivity contribution is 6.28. The number of alkyl halides is 3. The fourth-order valence-corrected chi connectivity index (χ4v) is 2.09. The molecule has 10 heteroatoms. The average Bonchev–Trinajstić information content (AvgIpc) is 2.53. The number of rotatable bonds is 3. The van der Waals surface area contributed by atoms with Crippen LogP contribution in [0.4, 0.5) is 30.8 Å². The number of nitrogens with zero attached hydrogens (tertiary/aromatic N) is 5. The van der Waals surface area contributed by atoms with Crippen LogP contribution in [-0.4, -0.2) is 31.8 Å². The summed E-state index contributed by atoms with van der Waals surface area (Å²) < 4.78 is 37.7. The van der Waals surface area contributed by atoms with Crippen LogP contribution < -0.4 is 5.32 Å². The minimum absolute atomic E-state index is 0.0241. The smallest absolute Gasteiger partial charge is 0.324 e. The Morgan fingerprint density at radius 3 is 2.72 bits per heavy atom. The lowest BCUT2D eigenvalue weighted by molar-refractivity contribution is -0.0591. The quantitative estimate of drug-likeness (QED) is 0.692. The standard InChI is InChI=1S/C15H10ClF3N6/c1-8(15(17,18)19)21-13-23-12(16)24-14(25-13)22-10-5-4-9-3-2-6-20-11(9)7-10/h2-7H,1H3,(H,22,23,24,25). The van der Waals surface area contributed by atoms with Crippen molar-refractivity contribution in [3.63, 3.8) is 0 Å². The van der Waals surface area contributed by atoms with Crippen LogP contribution in [0.1, 0.15) is 6.92 Å². The zero-order chi connectivity index (χ0) is 18.0. The van der Waals surface area contributed by atoms with Crippen LogP contribution in [0.5, 0.6) is 0 Å². The Morgan fingerprint density at radius 1 is 1.16 bits per heavy atom. The van der Waals surface area contributed by atoms with Gasteiger partial charge in [0.05, 0.1) is 5.52 Å². The van der Waals surface area contributed by atoms with Crippen molar-refractivity contribution >= 4 is 45.8 Å². The van der Waals surface area contributed by atoms with Gasteiger partial charge < -0.3 is 5.32 Å². The van der Waals surface area contributed by atoms with Crippen molar-refractivity contribution in [2.45, 2.75) is 13.1 Å². The summed E-state index contributed by atoms with van der Waals surface area (Å²) in [5.41, 5.74) is 0.241. The molecule has 2 aromatic heterocycles. The zero-order valence-electron chi connectivity index (χ0n) is 12.7. The van der Waals surface area contributed by atoms with Crippen molar-refractivity contribution in [2.75, 3.05) is 5.32 Å². The van der Waals surface area contributed by atoms with Gasteiger partial charge in [-0.1, -0.05) is 12.1 Å². The number of aliphatic imine (C=N–C) groups is 1. The SMILES string of the molecule is CC(=Nc1nc(Cl)nc(Nc2ccc3cccnc3c2)n1)C(F)(F)F. The lowest BCUT2D eigenvalue weighted by Crippen LogP contribution is -2.19. The number of hydrogen-bond donors (Lipinski definition) is 1. The van der Waals surface area contributed by atoms with E-state index in [1.54, 1.807) is 18.3 Å². The Kier molecular flexibility index (Phi) is 4.49. The highest BCUT2D eigenvalue weighted by Gasteiger charge is 2.32. The van der Waals surface area contributed by atoms with Crippen molar-refractivity contribution in [1.82, 2.24) is 19.9 Å². The minimum Gasteiger partial charge on any atom is -0.324 e. The van der Waals surface area contributed by atoms with Gasteiger partial charge in [-0.3, -0.25) is 4.98 Å². The van der Waals surface area contributed by atoms with Gasteiger partial charge in [-0.25, -0.2) is 4.99 Å². The highest BCUT2D eigenvalue weighted by atomic mass is 35.5. The van der Waals surface area contributed by atoms with E-state index in [4.69, 9.17) is 11.6 Å². The van der Waals surface area contributed by atoms with Gasteiger partial charge in [-0.05, 0) is 36.7 Å². The summed E-state index contributed by atoms with van der Waals surface area (Å²) in [6.45, 7) is 0.819. The third-order valence-corrected chi connectivity index (χ3v) is 3.31. The van der Waals surface area contributed by atoms with Crippen LogP contribution in [0.2, 0.25) is 5.28 Å². The second-order valence-electron chi connectivity index (χ2n) is 4.96. The maximum absolute atomic E-state index is 12.6. The monoisotopic (exact) mass is 366 g/mol. The molecule has 0 aliphatic heterocycles. The molecule has 2 heterocycles. The third kappa shape index (κ3) is 4.18. The van der Waals surface area contributed by atoms with Gasteiger partial charge in [0.1, 0.15) is 5.71 Å². The fraction of sp³-hybridized carbons (Fsp3) is 0.133. The van der Waals surface area contributed by atoms with Crippen molar-refractivity contribution in [1.29, 1.82) is 0 Å². The lowest BCUT2D eigenvalue weighted by atomic mass is 10.2. The molecule has 0 radical (unpaired) electrons. The van der Waals surface area contributed by atoms with Crippen LogP contribution in [0.15, 0.2) is 41.5 Å². The molecule has 0 unspecified atom stereocenters. The van der Waals surface area contributed by atoms with Gasteiger partial charge in [0.25, 0.3) is 5.95 Å². The molecule has 0 spiro atoms. The van der Waals surface area contributed by atoms with E-state index in [1.807, 2.05) is 18.2 Å². The Hall–Kier alpha value is -2.81. The molecule has 6 nitrogen and oxygen atoms in total. The Bertz CT molecular complexity index is 957. The van der Waals surface area contributed by atoms with Crippen LogP contribution in [0, 0.1) is 0 Å². The molecule has 0 bridgehead atoms. The number of halogens is 4. The van der Waals surface area contributed by atoms with Crippen LogP contribution in [0.3, 0.4) is 0 Å². The third-order valence-electron chi connectivity index (χ3n) is 3.14. The summed E-state index contributed by atoms with van der Waals surface area (Å²) in [6.07, 6.45) is -2.92. The Labute approximate surface area is 144 Å². The maximum Gasteiger partial charge on any atom is 0.429 e. The molecule has 25 heavy (non-hydrogen) atoms.